The van der Waals surface area contributed by atoms with E-state index in [0.29, 0.717) is 16.5 Å². The van der Waals surface area contributed by atoms with Gasteiger partial charge in [-0.2, -0.15) is 5.10 Å². The maximum Gasteiger partial charge on any atom is 0.187 e. The second kappa shape index (κ2) is 7.31. The summed E-state index contributed by atoms with van der Waals surface area (Å²) in [5.74, 6) is 2.32. The van der Waals surface area contributed by atoms with Crippen LogP contribution in [0.3, 0.4) is 0 Å². The lowest BCUT2D eigenvalue weighted by molar-refractivity contribution is -0.0223. The van der Waals surface area contributed by atoms with Crippen LogP contribution in [-0.4, -0.2) is 31.2 Å². The standard InChI is InChI=1S/C21H23ClN2O3/c1-4-5-21-24-17(15-11-14(22)7-9-18(15)27-21)12-16(23-24)13-6-8-19(25-2)20(10-13)26-3/h6-11,17,21H,4-5,12H2,1-3H3. The third kappa shape index (κ3) is 3.21. The van der Waals surface area contributed by atoms with Gasteiger partial charge in [-0.05, 0) is 36.4 Å². The maximum atomic E-state index is 6.25. The Morgan fingerprint density at radius 3 is 2.70 bits per heavy atom. The number of hydrogen-bond donors (Lipinski definition) is 0. The SMILES string of the molecule is CCCC1Oc2ccc(Cl)cc2C2CC(c3ccc(OC)c(OC)c3)=NN12. The maximum absolute atomic E-state index is 6.25. The summed E-state index contributed by atoms with van der Waals surface area (Å²) in [5, 5.41) is 7.73. The Labute approximate surface area is 164 Å². The molecule has 27 heavy (non-hydrogen) atoms. The zero-order chi connectivity index (χ0) is 19.0. The van der Waals surface area contributed by atoms with Crippen molar-refractivity contribution < 1.29 is 14.2 Å². The van der Waals surface area contributed by atoms with Gasteiger partial charge >= 0.3 is 0 Å². The first-order valence-electron chi connectivity index (χ1n) is 9.19. The molecule has 4 rings (SSSR count). The molecule has 2 unspecified atom stereocenters. The summed E-state index contributed by atoms with van der Waals surface area (Å²) in [6, 6.07) is 11.9. The Hall–Kier alpha value is -2.40. The van der Waals surface area contributed by atoms with Gasteiger partial charge in [-0.25, -0.2) is 0 Å². The fourth-order valence-electron chi connectivity index (χ4n) is 3.76. The number of rotatable bonds is 5. The Balaban J connectivity index is 1.71. The van der Waals surface area contributed by atoms with E-state index in [-0.39, 0.29) is 12.3 Å². The van der Waals surface area contributed by atoms with Crippen LogP contribution in [0.4, 0.5) is 0 Å². The molecule has 2 heterocycles. The molecule has 0 aromatic heterocycles. The second-order valence-corrected chi connectivity index (χ2v) is 7.20. The molecule has 0 amide bonds. The largest absolute Gasteiger partial charge is 0.493 e. The average molecular weight is 387 g/mol. The minimum absolute atomic E-state index is 0.0636. The third-order valence-electron chi connectivity index (χ3n) is 5.08. The molecule has 6 heteroatoms. The number of methoxy groups -OCH3 is 2. The highest BCUT2D eigenvalue weighted by Crippen LogP contribution is 2.45. The molecule has 2 aromatic rings. The summed E-state index contributed by atoms with van der Waals surface area (Å²) >= 11 is 6.25. The summed E-state index contributed by atoms with van der Waals surface area (Å²) in [4.78, 5) is 0. The van der Waals surface area contributed by atoms with Crippen molar-refractivity contribution in [1.29, 1.82) is 0 Å². The van der Waals surface area contributed by atoms with Crippen LogP contribution in [0.5, 0.6) is 17.2 Å². The summed E-state index contributed by atoms with van der Waals surface area (Å²) < 4.78 is 17.0. The van der Waals surface area contributed by atoms with Crippen molar-refractivity contribution in [1.82, 2.24) is 5.01 Å². The van der Waals surface area contributed by atoms with Gasteiger partial charge in [-0.3, -0.25) is 5.01 Å². The minimum atomic E-state index is -0.0636. The first-order valence-corrected chi connectivity index (χ1v) is 9.56. The van der Waals surface area contributed by atoms with Gasteiger partial charge in [-0.15, -0.1) is 0 Å². The number of nitrogens with zero attached hydrogens (tertiary/aromatic N) is 2. The number of benzene rings is 2. The summed E-state index contributed by atoms with van der Waals surface area (Å²) in [6.45, 7) is 2.16. The van der Waals surface area contributed by atoms with Crippen LogP contribution in [0.1, 0.15) is 43.4 Å². The number of ether oxygens (including phenoxy) is 3. The molecule has 2 aliphatic heterocycles. The summed E-state index contributed by atoms with van der Waals surface area (Å²) in [7, 11) is 3.28. The van der Waals surface area contributed by atoms with E-state index < -0.39 is 0 Å². The number of halogens is 1. The van der Waals surface area contributed by atoms with Gasteiger partial charge < -0.3 is 14.2 Å². The zero-order valence-electron chi connectivity index (χ0n) is 15.7. The molecule has 2 atom stereocenters. The van der Waals surface area contributed by atoms with Crippen LogP contribution in [0, 0.1) is 0 Å². The van der Waals surface area contributed by atoms with Crippen LogP contribution in [0.15, 0.2) is 41.5 Å². The molecule has 0 saturated heterocycles. The van der Waals surface area contributed by atoms with E-state index in [1.54, 1.807) is 14.2 Å². The average Bonchev–Trinajstić information content (AvgIpc) is 3.14. The quantitative estimate of drug-likeness (QED) is 0.723. The topological polar surface area (TPSA) is 43.3 Å². The van der Waals surface area contributed by atoms with E-state index in [2.05, 4.69) is 11.9 Å². The summed E-state index contributed by atoms with van der Waals surface area (Å²) in [6.07, 6.45) is 2.68. The van der Waals surface area contributed by atoms with Crippen molar-refractivity contribution in [3.8, 4) is 17.2 Å². The molecule has 5 nitrogen and oxygen atoms in total. The molecule has 0 radical (unpaired) electrons. The molecule has 2 aliphatic rings. The zero-order valence-corrected chi connectivity index (χ0v) is 16.5. The number of hydrogen-bond acceptors (Lipinski definition) is 5. The smallest absolute Gasteiger partial charge is 0.187 e. The van der Waals surface area contributed by atoms with E-state index in [1.807, 2.05) is 36.4 Å². The van der Waals surface area contributed by atoms with Gasteiger partial charge in [-0.1, -0.05) is 24.9 Å². The third-order valence-corrected chi connectivity index (χ3v) is 5.32. The Morgan fingerprint density at radius 1 is 1.15 bits per heavy atom. The lowest BCUT2D eigenvalue weighted by Gasteiger charge is -2.38. The van der Waals surface area contributed by atoms with Crippen LogP contribution in [0.2, 0.25) is 5.02 Å². The second-order valence-electron chi connectivity index (χ2n) is 6.76. The molecule has 0 saturated carbocycles. The molecule has 0 aliphatic carbocycles. The predicted molar refractivity (Wildman–Crippen MR) is 106 cm³/mol. The molecule has 0 bridgehead atoms. The highest BCUT2D eigenvalue weighted by atomic mass is 35.5. The first kappa shape index (κ1) is 18.0. The Morgan fingerprint density at radius 2 is 1.96 bits per heavy atom. The highest BCUT2D eigenvalue weighted by molar-refractivity contribution is 6.30. The van der Waals surface area contributed by atoms with Crippen LogP contribution in [-0.2, 0) is 0 Å². The molecule has 2 aromatic carbocycles. The Kier molecular flexibility index (Phi) is 4.87. The normalized spacial score (nSPS) is 20.4. The van der Waals surface area contributed by atoms with Crippen molar-refractivity contribution in [2.24, 2.45) is 5.10 Å². The van der Waals surface area contributed by atoms with Crippen molar-refractivity contribution >= 4 is 17.3 Å². The van der Waals surface area contributed by atoms with Gasteiger partial charge in [0.2, 0.25) is 0 Å². The van der Waals surface area contributed by atoms with E-state index in [9.17, 15) is 0 Å². The fraction of sp³-hybridized carbons (Fsp3) is 0.381. The van der Waals surface area contributed by atoms with Crippen LogP contribution >= 0.6 is 11.6 Å². The first-order chi connectivity index (χ1) is 13.1. The summed E-state index contributed by atoms with van der Waals surface area (Å²) in [5.41, 5.74) is 3.13. The molecule has 0 spiro atoms. The van der Waals surface area contributed by atoms with E-state index >= 15 is 0 Å². The predicted octanol–water partition coefficient (Wildman–Crippen LogP) is 5.03. The van der Waals surface area contributed by atoms with Gasteiger partial charge in [0.1, 0.15) is 5.75 Å². The van der Waals surface area contributed by atoms with Crippen molar-refractivity contribution in [2.45, 2.75) is 38.5 Å². The monoisotopic (exact) mass is 386 g/mol. The van der Waals surface area contributed by atoms with Crippen LogP contribution < -0.4 is 14.2 Å². The van der Waals surface area contributed by atoms with E-state index in [1.165, 1.54) is 0 Å². The lowest BCUT2D eigenvalue weighted by atomic mass is 9.96. The molecule has 0 fully saturated rings. The van der Waals surface area contributed by atoms with E-state index in [4.69, 9.17) is 30.9 Å². The fourth-order valence-corrected chi connectivity index (χ4v) is 3.94. The van der Waals surface area contributed by atoms with Crippen molar-refractivity contribution in [3.05, 3.63) is 52.5 Å². The molecular formula is C21H23ClN2O3. The molecule has 0 N–H and O–H groups in total. The van der Waals surface area contributed by atoms with Crippen molar-refractivity contribution in [3.63, 3.8) is 0 Å². The van der Waals surface area contributed by atoms with Gasteiger partial charge in [0, 0.05) is 29.0 Å². The van der Waals surface area contributed by atoms with Gasteiger partial charge in [0.15, 0.2) is 17.7 Å². The molecular weight excluding hydrogens is 364 g/mol. The highest BCUT2D eigenvalue weighted by Gasteiger charge is 2.40. The minimum Gasteiger partial charge on any atom is -0.493 e. The van der Waals surface area contributed by atoms with Crippen LogP contribution in [0.25, 0.3) is 0 Å². The number of hydrazone groups is 1. The lowest BCUT2D eigenvalue weighted by Crippen LogP contribution is -2.40. The number of fused-ring (bicyclic) bond motifs is 3. The van der Waals surface area contributed by atoms with Gasteiger partial charge in [0.25, 0.3) is 0 Å². The van der Waals surface area contributed by atoms with Gasteiger partial charge in [0.05, 0.1) is 26.0 Å². The Bertz CT molecular complexity index is 884. The van der Waals surface area contributed by atoms with E-state index in [0.717, 1.165) is 41.9 Å². The molecule has 142 valence electrons. The van der Waals surface area contributed by atoms with Crippen molar-refractivity contribution in [2.75, 3.05) is 14.2 Å².